The highest BCUT2D eigenvalue weighted by atomic mass is 35.5. The SMILES string of the molecule is CC.OCC(O)Cn1ncc2c(Cl)nc(Cl)nc21. The van der Waals surface area contributed by atoms with Crippen molar-refractivity contribution in [2.75, 3.05) is 6.61 Å². The predicted octanol–water partition coefficient (Wildman–Crippen LogP) is 1.51. The Morgan fingerprint density at radius 1 is 1.33 bits per heavy atom. The molecule has 0 saturated heterocycles. The molecule has 2 rings (SSSR count). The summed E-state index contributed by atoms with van der Waals surface area (Å²) in [7, 11) is 0. The molecule has 0 amide bonds. The fourth-order valence-corrected chi connectivity index (χ4v) is 1.71. The fraction of sp³-hybridized carbons (Fsp3) is 0.500. The Balaban J connectivity index is 0.000000771. The Hall–Kier alpha value is -0.950. The maximum absolute atomic E-state index is 9.31. The second-order valence-corrected chi connectivity index (χ2v) is 3.88. The van der Waals surface area contributed by atoms with Gasteiger partial charge in [0.05, 0.1) is 30.8 Å². The lowest BCUT2D eigenvalue weighted by Crippen LogP contribution is -2.20. The molecular weight excluding hydrogens is 279 g/mol. The lowest BCUT2D eigenvalue weighted by atomic mass is 10.4. The zero-order valence-corrected chi connectivity index (χ0v) is 11.5. The number of halogens is 2. The second-order valence-electron chi connectivity index (χ2n) is 3.18. The minimum absolute atomic E-state index is 0.0118. The van der Waals surface area contributed by atoms with Gasteiger partial charge < -0.3 is 10.2 Å². The lowest BCUT2D eigenvalue weighted by molar-refractivity contribution is 0.0792. The Morgan fingerprint density at radius 3 is 2.61 bits per heavy atom. The van der Waals surface area contributed by atoms with Gasteiger partial charge in [-0.25, -0.2) is 9.67 Å². The Bertz CT molecular complexity index is 518. The molecule has 6 nitrogen and oxygen atoms in total. The van der Waals surface area contributed by atoms with E-state index in [1.54, 1.807) is 0 Å². The van der Waals surface area contributed by atoms with Crippen molar-refractivity contribution < 1.29 is 10.2 Å². The number of hydrogen-bond donors (Lipinski definition) is 2. The van der Waals surface area contributed by atoms with Crippen LogP contribution in [0.4, 0.5) is 0 Å². The molecule has 0 aromatic carbocycles. The maximum Gasteiger partial charge on any atom is 0.225 e. The van der Waals surface area contributed by atoms with Gasteiger partial charge in [-0.2, -0.15) is 10.1 Å². The summed E-state index contributed by atoms with van der Waals surface area (Å²) in [6.07, 6.45) is 0.577. The molecule has 1 atom stereocenters. The molecule has 0 radical (unpaired) electrons. The van der Waals surface area contributed by atoms with E-state index < -0.39 is 6.10 Å². The highest BCUT2D eigenvalue weighted by molar-refractivity contribution is 6.35. The number of aromatic nitrogens is 4. The summed E-state index contributed by atoms with van der Waals surface area (Å²) in [5.74, 6) is 0. The van der Waals surface area contributed by atoms with E-state index in [-0.39, 0.29) is 23.6 Å². The molecule has 2 aromatic heterocycles. The molecule has 0 aliphatic heterocycles. The molecule has 8 heteroatoms. The highest BCUT2D eigenvalue weighted by Crippen LogP contribution is 2.21. The molecule has 2 aromatic rings. The van der Waals surface area contributed by atoms with Gasteiger partial charge in [0.25, 0.3) is 0 Å². The molecule has 0 spiro atoms. The van der Waals surface area contributed by atoms with Crippen LogP contribution in [0.15, 0.2) is 6.20 Å². The molecule has 0 bridgehead atoms. The quantitative estimate of drug-likeness (QED) is 0.662. The average molecular weight is 293 g/mol. The Kier molecular flexibility index (Phi) is 5.74. The normalized spacial score (nSPS) is 12.1. The first-order valence-electron chi connectivity index (χ1n) is 5.45. The highest BCUT2D eigenvalue weighted by Gasteiger charge is 2.12. The van der Waals surface area contributed by atoms with Gasteiger partial charge in [0.1, 0.15) is 5.15 Å². The molecule has 2 heterocycles. The van der Waals surface area contributed by atoms with E-state index >= 15 is 0 Å². The zero-order chi connectivity index (χ0) is 13.7. The van der Waals surface area contributed by atoms with Crippen molar-refractivity contribution in [3.05, 3.63) is 16.6 Å². The van der Waals surface area contributed by atoms with Crippen LogP contribution < -0.4 is 0 Å². The predicted molar refractivity (Wildman–Crippen MR) is 69.8 cm³/mol. The van der Waals surface area contributed by atoms with Crippen LogP contribution in [0.3, 0.4) is 0 Å². The molecule has 0 aliphatic rings. The zero-order valence-electron chi connectivity index (χ0n) is 10.0. The van der Waals surface area contributed by atoms with Crippen molar-refractivity contribution in [3.63, 3.8) is 0 Å². The topological polar surface area (TPSA) is 84.1 Å². The number of hydrogen-bond acceptors (Lipinski definition) is 5. The fourth-order valence-electron chi connectivity index (χ4n) is 1.29. The Labute approximate surface area is 114 Å². The first kappa shape index (κ1) is 15.1. The maximum atomic E-state index is 9.31. The monoisotopic (exact) mass is 292 g/mol. The van der Waals surface area contributed by atoms with Crippen LogP contribution in [-0.2, 0) is 6.54 Å². The molecule has 0 fully saturated rings. The van der Waals surface area contributed by atoms with Gasteiger partial charge in [0.2, 0.25) is 5.28 Å². The third kappa shape index (κ3) is 3.29. The minimum atomic E-state index is -0.907. The van der Waals surface area contributed by atoms with E-state index in [2.05, 4.69) is 15.1 Å². The van der Waals surface area contributed by atoms with Crippen LogP contribution in [0.1, 0.15) is 13.8 Å². The van der Waals surface area contributed by atoms with Crippen LogP contribution in [-0.4, -0.2) is 42.7 Å². The first-order chi connectivity index (χ1) is 8.61. The molecule has 18 heavy (non-hydrogen) atoms. The summed E-state index contributed by atoms with van der Waals surface area (Å²) >= 11 is 11.5. The molecular formula is C10H14Cl2N4O2. The standard InChI is InChI=1S/C8H8Cl2N4O2.C2H6/c9-6-5-1-11-14(2-4(16)3-15)7(5)13-8(10)12-6;1-2/h1,4,15-16H,2-3H2;1-2H3. The lowest BCUT2D eigenvalue weighted by Gasteiger charge is -2.07. The van der Waals surface area contributed by atoms with Crippen molar-refractivity contribution in [2.45, 2.75) is 26.5 Å². The second kappa shape index (κ2) is 6.84. The summed E-state index contributed by atoms with van der Waals surface area (Å²) in [6.45, 7) is 3.76. The summed E-state index contributed by atoms with van der Waals surface area (Å²) < 4.78 is 1.41. The third-order valence-corrected chi connectivity index (χ3v) is 2.47. The number of rotatable bonds is 3. The summed E-state index contributed by atoms with van der Waals surface area (Å²) in [5.41, 5.74) is 0.428. The van der Waals surface area contributed by atoms with Gasteiger partial charge in [-0.3, -0.25) is 0 Å². The van der Waals surface area contributed by atoms with Crippen molar-refractivity contribution in [1.82, 2.24) is 19.7 Å². The van der Waals surface area contributed by atoms with Crippen LogP contribution in [0.25, 0.3) is 11.0 Å². The van der Waals surface area contributed by atoms with Crippen LogP contribution >= 0.6 is 23.2 Å². The van der Waals surface area contributed by atoms with E-state index in [1.165, 1.54) is 10.9 Å². The van der Waals surface area contributed by atoms with E-state index in [1.807, 2.05) is 13.8 Å². The summed E-state index contributed by atoms with van der Waals surface area (Å²) in [5, 5.41) is 22.8. The molecule has 100 valence electrons. The van der Waals surface area contributed by atoms with E-state index in [4.69, 9.17) is 28.3 Å². The van der Waals surface area contributed by atoms with Gasteiger partial charge in [-0.15, -0.1) is 0 Å². The number of nitrogens with zero attached hydrogens (tertiary/aromatic N) is 4. The summed E-state index contributed by atoms with van der Waals surface area (Å²) in [6, 6.07) is 0. The van der Waals surface area contributed by atoms with Gasteiger partial charge >= 0.3 is 0 Å². The van der Waals surface area contributed by atoms with Crippen molar-refractivity contribution >= 4 is 34.2 Å². The van der Waals surface area contributed by atoms with Crippen molar-refractivity contribution in [2.24, 2.45) is 0 Å². The molecule has 0 aliphatic carbocycles. The van der Waals surface area contributed by atoms with Crippen LogP contribution in [0.2, 0.25) is 10.4 Å². The molecule has 2 N–H and O–H groups in total. The average Bonchev–Trinajstić information content (AvgIpc) is 2.75. The number of aliphatic hydroxyl groups is 2. The van der Waals surface area contributed by atoms with Crippen LogP contribution in [0, 0.1) is 0 Å². The van der Waals surface area contributed by atoms with E-state index in [9.17, 15) is 5.11 Å². The van der Waals surface area contributed by atoms with E-state index in [0.717, 1.165) is 0 Å². The van der Waals surface area contributed by atoms with Crippen molar-refractivity contribution in [3.8, 4) is 0 Å². The smallest absolute Gasteiger partial charge is 0.225 e. The summed E-state index contributed by atoms with van der Waals surface area (Å²) in [4.78, 5) is 7.73. The Morgan fingerprint density at radius 2 is 2.00 bits per heavy atom. The van der Waals surface area contributed by atoms with Gasteiger partial charge in [0, 0.05) is 0 Å². The third-order valence-electron chi connectivity index (χ3n) is 2.02. The number of aliphatic hydroxyl groups excluding tert-OH is 2. The van der Waals surface area contributed by atoms with Crippen molar-refractivity contribution in [1.29, 1.82) is 0 Å². The minimum Gasteiger partial charge on any atom is -0.394 e. The molecule has 0 saturated carbocycles. The van der Waals surface area contributed by atoms with Gasteiger partial charge in [-0.05, 0) is 11.6 Å². The molecule has 1 unspecified atom stereocenters. The van der Waals surface area contributed by atoms with E-state index in [0.29, 0.717) is 11.0 Å². The van der Waals surface area contributed by atoms with Gasteiger partial charge in [-0.1, -0.05) is 25.4 Å². The number of fused-ring (bicyclic) bond motifs is 1. The first-order valence-corrected chi connectivity index (χ1v) is 6.21. The largest absolute Gasteiger partial charge is 0.394 e. The van der Waals surface area contributed by atoms with Crippen LogP contribution in [0.5, 0.6) is 0 Å². The van der Waals surface area contributed by atoms with Gasteiger partial charge in [0.15, 0.2) is 5.65 Å².